The highest BCUT2D eigenvalue weighted by Gasteiger charge is 1.99. The van der Waals surface area contributed by atoms with Crippen LogP contribution in [-0.4, -0.2) is 58.8 Å². The standard InChI is InChI=1S/C15H32N2O4/c1-3-5-7-16-9-10-19-11-12-20-13-14-21-15(18)17-8-6-4-2/h16H,3-14H2,1-2H3,(H,17,18). The SMILES string of the molecule is CCCCNCCOCCOCCOC(=O)NCCCC. The van der Waals surface area contributed by atoms with Crippen LogP contribution in [0.15, 0.2) is 0 Å². The van der Waals surface area contributed by atoms with Gasteiger partial charge in [-0.1, -0.05) is 26.7 Å². The summed E-state index contributed by atoms with van der Waals surface area (Å²) in [6.07, 6.45) is 4.06. The average molecular weight is 304 g/mol. The number of carbonyl (C=O) groups is 1. The number of unbranched alkanes of at least 4 members (excludes halogenated alkanes) is 2. The molecule has 0 aromatic heterocycles. The fraction of sp³-hybridized carbons (Fsp3) is 0.933. The third-order valence-corrected chi connectivity index (χ3v) is 2.76. The lowest BCUT2D eigenvalue weighted by Gasteiger charge is -2.08. The van der Waals surface area contributed by atoms with Gasteiger partial charge in [0.05, 0.1) is 26.4 Å². The van der Waals surface area contributed by atoms with Gasteiger partial charge in [0.25, 0.3) is 0 Å². The first-order valence-electron chi connectivity index (χ1n) is 8.08. The molecule has 0 spiro atoms. The summed E-state index contributed by atoms with van der Waals surface area (Å²) >= 11 is 0. The predicted octanol–water partition coefficient (Wildman–Crippen LogP) is 1.94. The molecule has 0 aromatic rings. The van der Waals surface area contributed by atoms with Crippen LogP contribution in [0.1, 0.15) is 39.5 Å². The fourth-order valence-corrected chi connectivity index (χ4v) is 1.50. The van der Waals surface area contributed by atoms with Crippen molar-refractivity contribution >= 4 is 6.09 Å². The Morgan fingerprint density at radius 1 is 0.810 bits per heavy atom. The first-order chi connectivity index (χ1) is 10.3. The molecule has 0 rings (SSSR count). The Bertz CT molecular complexity index is 228. The van der Waals surface area contributed by atoms with Crippen LogP contribution in [0.5, 0.6) is 0 Å². The van der Waals surface area contributed by atoms with Crippen LogP contribution in [0.25, 0.3) is 0 Å². The molecule has 0 aliphatic heterocycles. The Morgan fingerprint density at radius 2 is 1.43 bits per heavy atom. The number of rotatable bonds is 15. The van der Waals surface area contributed by atoms with Crippen LogP contribution in [-0.2, 0) is 14.2 Å². The molecule has 0 bridgehead atoms. The Morgan fingerprint density at radius 3 is 2.14 bits per heavy atom. The second-order valence-electron chi connectivity index (χ2n) is 4.74. The summed E-state index contributed by atoms with van der Waals surface area (Å²) in [7, 11) is 0. The molecule has 0 aromatic carbocycles. The molecule has 6 heteroatoms. The molecule has 0 saturated carbocycles. The topological polar surface area (TPSA) is 68.8 Å². The molecular weight excluding hydrogens is 272 g/mol. The van der Waals surface area contributed by atoms with E-state index in [1.807, 2.05) is 0 Å². The number of nitrogens with one attached hydrogen (secondary N) is 2. The van der Waals surface area contributed by atoms with E-state index in [0.717, 1.165) is 25.9 Å². The van der Waals surface area contributed by atoms with Gasteiger partial charge < -0.3 is 24.8 Å². The monoisotopic (exact) mass is 304 g/mol. The average Bonchev–Trinajstić information content (AvgIpc) is 2.48. The molecule has 0 heterocycles. The Kier molecular flexibility index (Phi) is 16.5. The normalized spacial score (nSPS) is 10.6. The molecule has 0 saturated heterocycles. The van der Waals surface area contributed by atoms with Crippen LogP contribution < -0.4 is 10.6 Å². The van der Waals surface area contributed by atoms with Crippen LogP contribution in [0, 0.1) is 0 Å². The minimum Gasteiger partial charge on any atom is -0.447 e. The molecule has 21 heavy (non-hydrogen) atoms. The van der Waals surface area contributed by atoms with E-state index in [9.17, 15) is 4.79 Å². The van der Waals surface area contributed by atoms with Gasteiger partial charge >= 0.3 is 6.09 Å². The van der Waals surface area contributed by atoms with Crippen molar-refractivity contribution in [3.63, 3.8) is 0 Å². The van der Waals surface area contributed by atoms with Crippen molar-refractivity contribution in [2.45, 2.75) is 39.5 Å². The third kappa shape index (κ3) is 17.1. The zero-order valence-electron chi connectivity index (χ0n) is 13.6. The number of carbonyl (C=O) groups excluding carboxylic acids is 1. The quantitative estimate of drug-likeness (QED) is 0.453. The third-order valence-electron chi connectivity index (χ3n) is 2.76. The van der Waals surface area contributed by atoms with Gasteiger partial charge in [-0.2, -0.15) is 0 Å². The van der Waals surface area contributed by atoms with E-state index in [1.54, 1.807) is 0 Å². The van der Waals surface area contributed by atoms with E-state index < -0.39 is 0 Å². The van der Waals surface area contributed by atoms with Crippen LogP contribution in [0.4, 0.5) is 4.79 Å². The second-order valence-corrected chi connectivity index (χ2v) is 4.74. The summed E-state index contributed by atoms with van der Waals surface area (Å²) in [5.41, 5.74) is 0. The van der Waals surface area contributed by atoms with E-state index >= 15 is 0 Å². The van der Waals surface area contributed by atoms with Gasteiger partial charge in [-0.05, 0) is 19.4 Å². The Hall–Kier alpha value is -0.850. The first-order valence-corrected chi connectivity index (χ1v) is 8.08. The molecule has 0 radical (unpaired) electrons. The number of alkyl carbamates (subject to hydrolysis) is 1. The van der Waals surface area contributed by atoms with E-state index in [-0.39, 0.29) is 12.7 Å². The fourth-order valence-electron chi connectivity index (χ4n) is 1.50. The molecule has 0 aliphatic carbocycles. The van der Waals surface area contributed by atoms with Gasteiger partial charge in [-0.15, -0.1) is 0 Å². The molecule has 2 N–H and O–H groups in total. The number of ether oxygens (including phenoxy) is 3. The van der Waals surface area contributed by atoms with Crippen molar-refractivity contribution < 1.29 is 19.0 Å². The first kappa shape index (κ1) is 20.1. The van der Waals surface area contributed by atoms with Gasteiger partial charge in [0.15, 0.2) is 0 Å². The molecule has 0 aliphatic rings. The summed E-state index contributed by atoms with van der Waals surface area (Å²) in [6, 6.07) is 0. The van der Waals surface area contributed by atoms with E-state index in [0.29, 0.717) is 33.0 Å². The minimum atomic E-state index is -0.374. The van der Waals surface area contributed by atoms with E-state index in [1.165, 1.54) is 12.8 Å². The van der Waals surface area contributed by atoms with Crippen LogP contribution in [0.2, 0.25) is 0 Å². The largest absolute Gasteiger partial charge is 0.447 e. The highest BCUT2D eigenvalue weighted by Crippen LogP contribution is 1.86. The maximum Gasteiger partial charge on any atom is 0.407 e. The molecule has 126 valence electrons. The maximum absolute atomic E-state index is 11.2. The van der Waals surface area contributed by atoms with Crippen molar-refractivity contribution in [3.05, 3.63) is 0 Å². The van der Waals surface area contributed by atoms with Crippen molar-refractivity contribution in [2.24, 2.45) is 0 Å². The number of hydrogen-bond donors (Lipinski definition) is 2. The highest BCUT2D eigenvalue weighted by molar-refractivity contribution is 5.66. The zero-order valence-corrected chi connectivity index (χ0v) is 13.6. The van der Waals surface area contributed by atoms with E-state index in [4.69, 9.17) is 14.2 Å². The summed E-state index contributed by atoms with van der Waals surface area (Å²) in [6.45, 7) is 9.30. The van der Waals surface area contributed by atoms with Gasteiger partial charge in [-0.25, -0.2) is 4.79 Å². The predicted molar refractivity (Wildman–Crippen MR) is 83.7 cm³/mol. The van der Waals surface area contributed by atoms with Crippen LogP contribution >= 0.6 is 0 Å². The minimum absolute atomic E-state index is 0.274. The van der Waals surface area contributed by atoms with Crippen molar-refractivity contribution in [1.29, 1.82) is 0 Å². The summed E-state index contributed by atoms with van der Waals surface area (Å²) < 4.78 is 15.6. The second kappa shape index (κ2) is 17.2. The molecule has 0 fully saturated rings. The van der Waals surface area contributed by atoms with Crippen molar-refractivity contribution in [3.8, 4) is 0 Å². The molecule has 0 unspecified atom stereocenters. The number of amides is 1. The van der Waals surface area contributed by atoms with Gasteiger partial charge in [0.2, 0.25) is 0 Å². The zero-order chi connectivity index (χ0) is 15.6. The lowest BCUT2D eigenvalue weighted by Crippen LogP contribution is -2.26. The summed E-state index contributed by atoms with van der Waals surface area (Å²) in [5, 5.41) is 5.98. The molecular formula is C15H32N2O4. The van der Waals surface area contributed by atoms with E-state index in [2.05, 4.69) is 24.5 Å². The lowest BCUT2D eigenvalue weighted by atomic mass is 10.3. The highest BCUT2D eigenvalue weighted by atomic mass is 16.6. The Balaban J connectivity index is 3.06. The number of hydrogen-bond acceptors (Lipinski definition) is 5. The smallest absolute Gasteiger partial charge is 0.407 e. The molecule has 6 nitrogen and oxygen atoms in total. The van der Waals surface area contributed by atoms with Gasteiger partial charge in [0.1, 0.15) is 6.61 Å². The van der Waals surface area contributed by atoms with Crippen LogP contribution in [0.3, 0.4) is 0 Å². The Labute approximate surface area is 128 Å². The van der Waals surface area contributed by atoms with Crippen molar-refractivity contribution in [1.82, 2.24) is 10.6 Å². The van der Waals surface area contributed by atoms with Gasteiger partial charge in [-0.3, -0.25) is 0 Å². The molecule has 1 amide bonds. The summed E-state index contributed by atoms with van der Waals surface area (Å²) in [4.78, 5) is 11.2. The molecule has 0 atom stereocenters. The van der Waals surface area contributed by atoms with Crippen molar-refractivity contribution in [2.75, 3.05) is 52.7 Å². The summed E-state index contributed by atoms with van der Waals surface area (Å²) in [5.74, 6) is 0. The van der Waals surface area contributed by atoms with Gasteiger partial charge in [0, 0.05) is 13.1 Å². The lowest BCUT2D eigenvalue weighted by molar-refractivity contribution is 0.0289. The maximum atomic E-state index is 11.2.